The van der Waals surface area contributed by atoms with Crippen molar-refractivity contribution in [2.75, 3.05) is 11.9 Å². The highest BCUT2D eigenvalue weighted by Crippen LogP contribution is 2.29. The van der Waals surface area contributed by atoms with Crippen molar-refractivity contribution >= 4 is 34.3 Å². The van der Waals surface area contributed by atoms with Gasteiger partial charge in [-0.3, -0.25) is 14.4 Å². The summed E-state index contributed by atoms with van der Waals surface area (Å²) in [6.45, 7) is 1.40. The zero-order chi connectivity index (χ0) is 30.6. The zero-order valence-electron chi connectivity index (χ0n) is 23.9. The Morgan fingerprint density at radius 1 is 1.00 bits per heavy atom. The summed E-state index contributed by atoms with van der Waals surface area (Å²) in [4.78, 5) is 44.9. The SMILES string of the molecule is CC(=O)c1cn(CC(=O)N2C[C@H](F)CC2C(=O)Nc2cccc(OCc3ccccc3)n2)c2ccc(-c3ccnnc3)cc12. The first-order valence-electron chi connectivity index (χ1n) is 14.1. The summed E-state index contributed by atoms with van der Waals surface area (Å²) in [5.41, 5.74) is 3.77. The van der Waals surface area contributed by atoms with Crippen LogP contribution in [0.15, 0.2) is 91.4 Å². The molecule has 1 fully saturated rings. The molecule has 2 amide bonds. The molecule has 1 aliphatic rings. The van der Waals surface area contributed by atoms with Crippen LogP contribution >= 0.6 is 0 Å². The number of fused-ring (bicyclic) bond motifs is 1. The van der Waals surface area contributed by atoms with Crippen molar-refractivity contribution in [2.45, 2.75) is 38.7 Å². The summed E-state index contributed by atoms with van der Waals surface area (Å²) in [6, 6.07) is 20.9. The highest BCUT2D eigenvalue weighted by Gasteiger charge is 2.40. The number of likely N-dealkylation sites (tertiary alicyclic amines) is 1. The minimum absolute atomic E-state index is 0.129. The summed E-state index contributed by atoms with van der Waals surface area (Å²) in [7, 11) is 0. The molecule has 1 N–H and O–H groups in total. The normalized spacial score (nSPS) is 16.2. The van der Waals surface area contributed by atoms with Crippen LogP contribution < -0.4 is 10.1 Å². The van der Waals surface area contributed by atoms with Crippen LogP contribution in [0, 0.1) is 0 Å². The second kappa shape index (κ2) is 12.4. The van der Waals surface area contributed by atoms with E-state index < -0.39 is 24.0 Å². The maximum atomic E-state index is 14.6. The fourth-order valence-corrected chi connectivity index (χ4v) is 5.40. The van der Waals surface area contributed by atoms with Crippen LogP contribution in [0.3, 0.4) is 0 Å². The van der Waals surface area contributed by atoms with E-state index >= 15 is 0 Å². The van der Waals surface area contributed by atoms with E-state index in [-0.39, 0.29) is 31.1 Å². The van der Waals surface area contributed by atoms with E-state index in [2.05, 4.69) is 20.5 Å². The Bertz CT molecular complexity index is 1830. The summed E-state index contributed by atoms with van der Waals surface area (Å²) >= 11 is 0. The Kier molecular flexibility index (Phi) is 8.09. The van der Waals surface area contributed by atoms with Crippen LogP contribution in [0.1, 0.15) is 29.3 Å². The molecule has 44 heavy (non-hydrogen) atoms. The van der Waals surface area contributed by atoms with Gasteiger partial charge in [0.25, 0.3) is 0 Å². The third-order valence-electron chi connectivity index (χ3n) is 7.56. The number of pyridine rings is 1. The molecule has 222 valence electrons. The lowest BCUT2D eigenvalue weighted by atomic mass is 10.0. The number of hydrogen-bond acceptors (Lipinski definition) is 7. The van der Waals surface area contributed by atoms with Crippen LogP contribution in [-0.2, 0) is 22.7 Å². The highest BCUT2D eigenvalue weighted by molar-refractivity contribution is 6.08. The molecule has 5 aromatic rings. The molecule has 6 rings (SSSR count). The monoisotopic (exact) mass is 592 g/mol. The molecule has 0 spiro atoms. The summed E-state index contributed by atoms with van der Waals surface area (Å²) in [6.07, 6.45) is 3.36. The molecule has 0 saturated carbocycles. The number of anilines is 1. The van der Waals surface area contributed by atoms with Gasteiger partial charge in [0.15, 0.2) is 5.78 Å². The average Bonchev–Trinajstić information content (AvgIpc) is 3.61. The molecule has 2 aromatic carbocycles. The van der Waals surface area contributed by atoms with Crippen molar-refractivity contribution in [1.82, 2.24) is 24.6 Å². The number of hydrogen-bond donors (Lipinski definition) is 1. The van der Waals surface area contributed by atoms with Crippen molar-refractivity contribution < 1.29 is 23.5 Å². The minimum atomic E-state index is -1.35. The Morgan fingerprint density at radius 3 is 2.61 bits per heavy atom. The van der Waals surface area contributed by atoms with E-state index in [4.69, 9.17) is 4.74 Å². The van der Waals surface area contributed by atoms with Gasteiger partial charge in [-0.1, -0.05) is 42.5 Å². The second-order valence-electron chi connectivity index (χ2n) is 10.6. The van der Waals surface area contributed by atoms with Crippen molar-refractivity contribution in [3.63, 3.8) is 0 Å². The lowest BCUT2D eigenvalue weighted by molar-refractivity contribution is -0.137. The number of ketones is 1. The molecule has 0 radical (unpaired) electrons. The molecule has 2 atom stereocenters. The molecule has 0 aliphatic carbocycles. The zero-order valence-corrected chi connectivity index (χ0v) is 23.9. The van der Waals surface area contributed by atoms with E-state index in [1.165, 1.54) is 11.8 Å². The summed E-state index contributed by atoms with van der Waals surface area (Å²) < 4.78 is 22.1. The molecule has 1 unspecified atom stereocenters. The number of halogens is 1. The van der Waals surface area contributed by atoms with Crippen molar-refractivity contribution in [3.8, 4) is 17.0 Å². The van der Waals surface area contributed by atoms with Gasteiger partial charge in [-0.15, -0.1) is 0 Å². The largest absolute Gasteiger partial charge is 0.473 e. The number of nitrogens with one attached hydrogen (secondary N) is 1. The standard InChI is InChI=1S/C33H29FN6O4/c1-21(41)27-18-39(28-11-10-23(14-26(27)28)24-12-13-35-36-16-24)19-32(42)40-17-25(34)15-29(40)33(43)38-30-8-5-9-31(37-30)44-20-22-6-3-2-4-7-22/h2-14,16,18,25,29H,15,17,19-20H2,1H3,(H,37,38,43)/t25-,29?/m1/s1. The number of ether oxygens (including phenoxy) is 1. The van der Waals surface area contributed by atoms with Gasteiger partial charge in [-0.2, -0.15) is 15.2 Å². The van der Waals surface area contributed by atoms with Gasteiger partial charge < -0.3 is 19.5 Å². The Hall–Kier alpha value is -5.45. The van der Waals surface area contributed by atoms with Gasteiger partial charge in [0.2, 0.25) is 17.7 Å². The molecule has 11 heteroatoms. The number of nitrogens with zero attached hydrogens (tertiary/aromatic N) is 5. The lowest BCUT2D eigenvalue weighted by Crippen LogP contribution is -2.44. The Labute approximate surface area is 252 Å². The number of carbonyl (C=O) groups excluding carboxylic acids is 3. The van der Waals surface area contributed by atoms with Gasteiger partial charge in [-0.05, 0) is 42.3 Å². The van der Waals surface area contributed by atoms with E-state index in [0.717, 1.165) is 16.7 Å². The second-order valence-corrected chi connectivity index (χ2v) is 10.6. The summed E-state index contributed by atoms with van der Waals surface area (Å²) in [5.74, 6) is -0.580. The average molecular weight is 593 g/mol. The van der Waals surface area contributed by atoms with Crippen LogP contribution in [0.25, 0.3) is 22.0 Å². The molecule has 1 saturated heterocycles. The van der Waals surface area contributed by atoms with E-state index in [9.17, 15) is 18.8 Å². The molecule has 1 aliphatic heterocycles. The lowest BCUT2D eigenvalue weighted by Gasteiger charge is -2.24. The third kappa shape index (κ3) is 6.17. The molecular weight excluding hydrogens is 563 g/mol. The third-order valence-corrected chi connectivity index (χ3v) is 7.56. The molecule has 10 nitrogen and oxygen atoms in total. The quantitative estimate of drug-likeness (QED) is 0.243. The molecular formula is C33H29FN6O4. The topological polar surface area (TPSA) is 119 Å². The first kappa shape index (κ1) is 28.7. The Balaban J connectivity index is 1.17. The minimum Gasteiger partial charge on any atom is -0.473 e. The van der Waals surface area contributed by atoms with Gasteiger partial charge in [0.05, 0.1) is 18.9 Å². The summed E-state index contributed by atoms with van der Waals surface area (Å²) in [5, 5.41) is 11.1. The molecule has 0 bridgehead atoms. The number of benzene rings is 2. The number of rotatable bonds is 9. The maximum absolute atomic E-state index is 14.6. The fraction of sp³-hybridized carbons (Fsp3) is 0.212. The molecule has 4 heterocycles. The number of alkyl halides is 1. The van der Waals surface area contributed by atoms with E-state index in [1.54, 1.807) is 41.4 Å². The van der Waals surface area contributed by atoms with E-state index in [0.29, 0.717) is 29.0 Å². The number of aromatic nitrogens is 4. The van der Waals surface area contributed by atoms with E-state index in [1.807, 2.05) is 54.6 Å². The van der Waals surface area contributed by atoms with Gasteiger partial charge in [0.1, 0.15) is 31.2 Å². The number of carbonyl (C=O) groups is 3. The van der Waals surface area contributed by atoms with Crippen LogP contribution in [0.4, 0.5) is 10.2 Å². The van der Waals surface area contributed by atoms with Crippen LogP contribution in [0.5, 0.6) is 5.88 Å². The smallest absolute Gasteiger partial charge is 0.248 e. The first-order valence-corrected chi connectivity index (χ1v) is 14.1. The molecule has 3 aromatic heterocycles. The van der Waals surface area contributed by atoms with Crippen LogP contribution in [0.2, 0.25) is 0 Å². The van der Waals surface area contributed by atoms with Crippen LogP contribution in [-0.4, -0.2) is 61.0 Å². The van der Waals surface area contributed by atoms with Gasteiger partial charge in [0, 0.05) is 40.7 Å². The van der Waals surface area contributed by atoms with Gasteiger partial charge in [-0.25, -0.2) is 4.39 Å². The van der Waals surface area contributed by atoms with Crippen molar-refractivity contribution in [2.24, 2.45) is 0 Å². The first-order chi connectivity index (χ1) is 21.4. The fourth-order valence-electron chi connectivity index (χ4n) is 5.40. The number of Topliss-reactive ketones (excluding diaryl/α,β-unsaturated/α-hetero) is 1. The van der Waals surface area contributed by atoms with Crippen molar-refractivity contribution in [1.29, 1.82) is 0 Å². The number of amides is 2. The Morgan fingerprint density at radius 2 is 1.84 bits per heavy atom. The predicted molar refractivity (Wildman–Crippen MR) is 162 cm³/mol. The highest BCUT2D eigenvalue weighted by atomic mass is 19.1. The maximum Gasteiger partial charge on any atom is 0.248 e. The predicted octanol–water partition coefficient (Wildman–Crippen LogP) is 4.85. The van der Waals surface area contributed by atoms with Gasteiger partial charge >= 0.3 is 0 Å². The van der Waals surface area contributed by atoms with Crippen molar-refractivity contribution in [3.05, 3.63) is 103 Å².